The Hall–Kier alpha value is -2.47. The Balaban J connectivity index is 1.51. The van der Waals surface area contributed by atoms with E-state index in [9.17, 15) is 22.6 Å². The third-order valence-electron chi connectivity index (χ3n) is 7.07. The van der Waals surface area contributed by atoms with Crippen LogP contribution in [0.2, 0.25) is 0 Å². The zero-order valence-electron chi connectivity index (χ0n) is 20.0. The number of likely N-dealkylation sites (tertiary alicyclic amines) is 1. The normalized spacial score (nSPS) is 24.2. The summed E-state index contributed by atoms with van der Waals surface area (Å²) in [4.78, 5) is 37.0. The topological polar surface area (TPSA) is 104 Å². The van der Waals surface area contributed by atoms with Gasteiger partial charge in [-0.15, -0.1) is 11.3 Å². The van der Waals surface area contributed by atoms with E-state index in [0.717, 1.165) is 49.9 Å². The fraction of sp³-hybridized carbons (Fsp3) is 0.583. The molecular formula is C24H29F2N5O3S2. The summed E-state index contributed by atoms with van der Waals surface area (Å²) in [5.74, 6) is 0.250. The molecule has 1 aliphatic carbocycles. The standard InChI is InChI=1S/C24H29F2N5O3S2/c1-13-5-4-8-31(13)24(33)19-20(35-23(30-19)22(32)29-15-11-36(34)12-15)17-10-27-18(9-16(17)21(25)26)28-14-6-2-3-7-14/h9-10,13-15,21H,2-8,11-12H2,1H3,(H,27,28)(H,29,32)/t13-,15?,36?/m0/s1. The van der Waals surface area contributed by atoms with Crippen molar-refractivity contribution in [1.29, 1.82) is 0 Å². The number of pyridine rings is 1. The van der Waals surface area contributed by atoms with Gasteiger partial charge in [0, 0.05) is 58.3 Å². The van der Waals surface area contributed by atoms with Crippen LogP contribution in [0.5, 0.6) is 0 Å². The molecule has 4 heterocycles. The zero-order chi connectivity index (χ0) is 25.4. The molecule has 0 unspecified atom stereocenters. The third-order valence-corrected chi connectivity index (χ3v) is 9.71. The molecule has 1 saturated carbocycles. The SMILES string of the molecule is C[C@H]1CCCN1C(=O)c1nc(C(=O)NC2CS(=O)C2)sc1-c1cnc(NC2CCCC2)cc1C(F)F. The Labute approximate surface area is 214 Å². The largest absolute Gasteiger partial charge is 0.367 e. The molecule has 3 fully saturated rings. The number of hydrogen-bond donors (Lipinski definition) is 2. The summed E-state index contributed by atoms with van der Waals surface area (Å²) in [5.41, 5.74) is -0.145. The monoisotopic (exact) mass is 537 g/mol. The molecule has 5 rings (SSSR count). The van der Waals surface area contributed by atoms with Gasteiger partial charge in [0.15, 0.2) is 5.01 Å². The molecule has 2 N–H and O–H groups in total. The summed E-state index contributed by atoms with van der Waals surface area (Å²) in [6.45, 7) is 2.49. The van der Waals surface area contributed by atoms with Crippen LogP contribution in [0.1, 0.15) is 77.7 Å². The first-order chi connectivity index (χ1) is 17.3. The molecule has 0 aromatic carbocycles. The van der Waals surface area contributed by atoms with Crippen LogP contribution >= 0.6 is 11.3 Å². The van der Waals surface area contributed by atoms with Gasteiger partial charge in [-0.2, -0.15) is 0 Å². The highest BCUT2D eigenvalue weighted by Gasteiger charge is 2.34. The molecule has 0 radical (unpaired) electrons. The quantitative estimate of drug-likeness (QED) is 0.554. The molecule has 0 bridgehead atoms. The van der Waals surface area contributed by atoms with Crippen molar-refractivity contribution < 1.29 is 22.6 Å². The Morgan fingerprint density at radius 3 is 2.56 bits per heavy atom. The molecule has 2 amide bonds. The van der Waals surface area contributed by atoms with Crippen molar-refractivity contribution >= 4 is 39.8 Å². The van der Waals surface area contributed by atoms with Crippen molar-refractivity contribution in [2.45, 2.75) is 70.0 Å². The number of thiazole rings is 1. The lowest BCUT2D eigenvalue weighted by molar-refractivity contribution is 0.0743. The average Bonchev–Trinajstić information content (AvgIpc) is 3.58. The van der Waals surface area contributed by atoms with Crippen molar-refractivity contribution in [1.82, 2.24) is 20.2 Å². The number of hydrogen-bond acceptors (Lipinski definition) is 7. The Morgan fingerprint density at radius 1 is 1.17 bits per heavy atom. The maximum absolute atomic E-state index is 14.3. The van der Waals surface area contributed by atoms with Crippen molar-refractivity contribution in [3.8, 4) is 10.4 Å². The van der Waals surface area contributed by atoms with Gasteiger partial charge in [0.2, 0.25) is 0 Å². The van der Waals surface area contributed by atoms with Gasteiger partial charge in [0.25, 0.3) is 18.2 Å². The number of nitrogens with zero attached hydrogens (tertiary/aromatic N) is 3. The number of carbonyl (C=O) groups excluding carboxylic acids is 2. The van der Waals surface area contributed by atoms with Crippen LogP contribution in [0, 0.1) is 0 Å². The molecule has 2 aromatic rings. The first-order valence-electron chi connectivity index (χ1n) is 12.3. The van der Waals surface area contributed by atoms with Crippen LogP contribution in [0.4, 0.5) is 14.6 Å². The highest BCUT2D eigenvalue weighted by Crippen LogP contribution is 2.39. The first-order valence-corrected chi connectivity index (χ1v) is 14.6. The minimum atomic E-state index is -2.80. The Kier molecular flexibility index (Phi) is 7.34. The summed E-state index contributed by atoms with van der Waals surface area (Å²) in [7, 11) is -0.940. The second kappa shape index (κ2) is 10.5. The summed E-state index contributed by atoms with van der Waals surface area (Å²) in [6.07, 6.45) is 4.40. The van der Waals surface area contributed by atoms with Crippen molar-refractivity contribution in [3.63, 3.8) is 0 Å². The predicted molar refractivity (Wildman–Crippen MR) is 135 cm³/mol. The maximum Gasteiger partial charge on any atom is 0.280 e. The molecule has 8 nitrogen and oxygen atoms in total. The number of alkyl halides is 2. The van der Waals surface area contributed by atoms with Gasteiger partial charge >= 0.3 is 0 Å². The molecular weight excluding hydrogens is 508 g/mol. The van der Waals surface area contributed by atoms with Crippen molar-refractivity contribution in [2.75, 3.05) is 23.4 Å². The van der Waals surface area contributed by atoms with Gasteiger partial charge in [-0.25, -0.2) is 18.7 Å². The fourth-order valence-electron chi connectivity index (χ4n) is 5.05. The molecule has 36 heavy (non-hydrogen) atoms. The number of halogens is 2. The van der Waals surface area contributed by atoms with Crippen molar-refractivity contribution in [2.24, 2.45) is 0 Å². The van der Waals surface area contributed by atoms with Crippen LogP contribution in [0.3, 0.4) is 0 Å². The van der Waals surface area contributed by atoms with Gasteiger partial charge in [0.1, 0.15) is 11.5 Å². The maximum atomic E-state index is 14.3. The Morgan fingerprint density at radius 2 is 1.92 bits per heavy atom. The smallest absolute Gasteiger partial charge is 0.280 e. The number of anilines is 1. The highest BCUT2D eigenvalue weighted by atomic mass is 32.2. The number of aromatic nitrogens is 2. The summed E-state index contributed by atoms with van der Waals surface area (Å²) in [6, 6.07) is 1.33. The lowest BCUT2D eigenvalue weighted by Gasteiger charge is -2.25. The molecule has 2 aromatic heterocycles. The van der Waals surface area contributed by atoms with E-state index in [2.05, 4.69) is 20.6 Å². The Bertz CT molecular complexity index is 1180. The van der Waals surface area contributed by atoms with Crippen LogP contribution in [0.25, 0.3) is 10.4 Å². The molecule has 194 valence electrons. The lowest BCUT2D eigenvalue weighted by Crippen LogP contribution is -2.50. The minimum Gasteiger partial charge on any atom is -0.367 e. The third kappa shape index (κ3) is 5.15. The average molecular weight is 538 g/mol. The van der Waals surface area contributed by atoms with Crippen molar-refractivity contribution in [3.05, 3.63) is 28.5 Å². The van der Waals surface area contributed by atoms with Crippen LogP contribution in [0.15, 0.2) is 12.3 Å². The fourth-order valence-corrected chi connectivity index (χ4v) is 7.00. The van der Waals surface area contributed by atoms with E-state index >= 15 is 0 Å². The molecule has 2 saturated heterocycles. The molecule has 3 aliphatic rings. The first kappa shape index (κ1) is 25.2. The molecule has 2 aliphatic heterocycles. The number of rotatable bonds is 7. The van der Waals surface area contributed by atoms with E-state index in [4.69, 9.17) is 0 Å². The summed E-state index contributed by atoms with van der Waals surface area (Å²) < 4.78 is 39.9. The van der Waals surface area contributed by atoms with Gasteiger partial charge < -0.3 is 15.5 Å². The van der Waals surface area contributed by atoms with Crippen LogP contribution in [-0.2, 0) is 10.8 Å². The van der Waals surface area contributed by atoms with E-state index in [1.165, 1.54) is 12.3 Å². The highest BCUT2D eigenvalue weighted by molar-refractivity contribution is 7.86. The van der Waals surface area contributed by atoms with Crippen LogP contribution < -0.4 is 10.6 Å². The van der Waals surface area contributed by atoms with Crippen LogP contribution in [-0.4, -0.2) is 67.1 Å². The second-order valence-corrected chi connectivity index (χ2v) is 12.3. The number of carbonyl (C=O) groups is 2. The predicted octanol–water partition coefficient (Wildman–Crippen LogP) is 3.98. The number of amides is 2. The molecule has 1 atom stereocenters. The minimum absolute atomic E-state index is 0.0000333. The molecule has 12 heteroatoms. The molecule has 0 spiro atoms. The van der Waals surface area contributed by atoms with Gasteiger partial charge in [-0.3, -0.25) is 13.8 Å². The lowest BCUT2D eigenvalue weighted by atomic mass is 10.1. The number of nitrogens with one attached hydrogen (secondary N) is 2. The van der Waals surface area contributed by atoms with Gasteiger partial charge in [0.05, 0.1) is 10.9 Å². The summed E-state index contributed by atoms with van der Waals surface area (Å²) in [5, 5.41) is 6.04. The van der Waals surface area contributed by atoms with E-state index in [1.54, 1.807) is 4.90 Å². The second-order valence-electron chi connectivity index (χ2n) is 9.71. The van der Waals surface area contributed by atoms with Gasteiger partial charge in [-0.1, -0.05) is 12.8 Å². The van der Waals surface area contributed by atoms with E-state index in [0.29, 0.717) is 23.9 Å². The van der Waals surface area contributed by atoms with Gasteiger partial charge in [-0.05, 0) is 38.7 Å². The van der Waals surface area contributed by atoms with E-state index in [1.807, 2.05) is 6.92 Å². The van der Waals surface area contributed by atoms with E-state index in [-0.39, 0.29) is 50.7 Å². The zero-order valence-corrected chi connectivity index (χ0v) is 21.6. The summed E-state index contributed by atoms with van der Waals surface area (Å²) >= 11 is 0.917. The van der Waals surface area contributed by atoms with E-state index < -0.39 is 23.1 Å².